The van der Waals surface area contributed by atoms with E-state index in [4.69, 9.17) is 4.84 Å². The lowest BCUT2D eigenvalue weighted by molar-refractivity contribution is -0.140. The van der Waals surface area contributed by atoms with Gasteiger partial charge in [-0.1, -0.05) is 0 Å². The number of carbonyl (C=O) groups is 1. The van der Waals surface area contributed by atoms with Crippen molar-refractivity contribution in [2.75, 3.05) is 11.5 Å². The second-order valence-electron chi connectivity index (χ2n) is 3.21. The summed E-state index contributed by atoms with van der Waals surface area (Å²) in [6, 6.07) is 0. The highest BCUT2D eigenvalue weighted by molar-refractivity contribution is 8.21. The van der Waals surface area contributed by atoms with E-state index in [0.717, 1.165) is 24.3 Å². The minimum atomic E-state index is 0.0272. The van der Waals surface area contributed by atoms with Gasteiger partial charge in [0.25, 0.3) is 5.91 Å². The summed E-state index contributed by atoms with van der Waals surface area (Å²) in [6.45, 7) is 0. The van der Waals surface area contributed by atoms with E-state index in [1.807, 2.05) is 0 Å². The Bertz CT molecular complexity index is 191. The molecular weight excluding hydrogens is 206 g/mol. The summed E-state index contributed by atoms with van der Waals surface area (Å²) in [7, 11) is 0. The number of hydroxylamine groups is 1. The molecule has 0 aromatic rings. The van der Waals surface area contributed by atoms with Gasteiger partial charge in [-0.15, -0.1) is 23.5 Å². The Morgan fingerprint density at radius 3 is 2.54 bits per heavy atom. The van der Waals surface area contributed by atoms with E-state index in [0.29, 0.717) is 0 Å². The van der Waals surface area contributed by atoms with Gasteiger partial charge in [-0.25, -0.2) is 5.48 Å². The van der Waals surface area contributed by atoms with Gasteiger partial charge in [0, 0.05) is 11.5 Å². The highest BCUT2D eigenvalue weighted by Crippen LogP contribution is 2.32. The topological polar surface area (TPSA) is 38.3 Å². The molecule has 5 heteroatoms. The summed E-state index contributed by atoms with van der Waals surface area (Å²) in [5.41, 5.74) is 2.55. The molecule has 1 N–H and O–H groups in total. The first-order valence-electron chi connectivity index (χ1n) is 4.55. The average molecular weight is 219 g/mol. The molecule has 0 aromatic carbocycles. The Morgan fingerprint density at radius 1 is 1.31 bits per heavy atom. The fourth-order valence-corrected chi connectivity index (χ4v) is 3.75. The van der Waals surface area contributed by atoms with E-state index in [-0.39, 0.29) is 16.6 Å². The van der Waals surface area contributed by atoms with E-state index in [1.54, 1.807) is 23.5 Å². The van der Waals surface area contributed by atoms with Crippen molar-refractivity contribution >= 4 is 29.4 Å². The molecule has 0 spiro atoms. The maximum absolute atomic E-state index is 11.4. The molecular formula is C8H13NO2S2. The van der Waals surface area contributed by atoms with E-state index < -0.39 is 0 Å². The molecule has 0 bridgehead atoms. The maximum atomic E-state index is 11.4. The van der Waals surface area contributed by atoms with Crippen molar-refractivity contribution in [1.29, 1.82) is 0 Å². The Morgan fingerprint density at radius 2 is 2.00 bits per heavy atom. The molecule has 0 radical (unpaired) electrons. The quantitative estimate of drug-likeness (QED) is 0.728. The van der Waals surface area contributed by atoms with Crippen LogP contribution in [0.1, 0.15) is 19.3 Å². The van der Waals surface area contributed by atoms with Gasteiger partial charge >= 0.3 is 0 Å². The number of hydrogen-bond donors (Lipinski definition) is 1. The van der Waals surface area contributed by atoms with Crippen LogP contribution in [0.3, 0.4) is 0 Å². The predicted octanol–water partition coefficient (Wildman–Crippen LogP) is 1.39. The molecule has 1 aliphatic carbocycles. The van der Waals surface area contributed by atoms with Gasteiger partial charge in [0.2, 0.25) is 0 Å². The zero-order valence-electron chi connectivity index (χ0n) is 7.32. The molecule has 0 atom stereocenters. The Balaban J connectivity index is 1.65. The molecule has 3 nitrogen and oxygen atoms in total. The van der Waals surface area contributed by atoms with Crippen LogP contribution in [0.25, 0.3) is 0 Å². The fourth-order valence-electron chi connectivity index (χ4n) is 1.19. The first kappa shape index (κ1) is 9.68. The second-order valence-corrected chi connectivity index (χ2v) is 5.93. The summed E-state index contributed by atoms with van der Waals surface area (Å²) in [5.74, 6) is 2.18. The zero-order chi connectivity index (χ0) is 9.10. The molecule has 1 saturated carbocycles. The van der Waals surface area contributed by atoms with Crippen molar-refractivity contribution in [2.24, 2.45) is 0 Å². The van der Waals surface area contributed by atoms with Crippen LogP contribution in [-0.2, 0) is 9.63 Å². The average Bonchev–Trinajstić information content (AvgIpc) is 2.52. The van der Waals surface area contributed by atoms with Gasteiger partial charge in [0.15, 0.2) is 0 Å². The standard InChI is InChI=1S/C8H13NO2S2/c10-7(8-12-4-5-13-8)9-11-6-2-1-3-6/h6,8H,1-5H2,(H,9,10). The van der Waals surface area contributed by atoms with Crippen molar-refractivity contribution < 1.29 is 9.63 Å². The van der Waals surface area contributed by atoms with Crippen LogP contribution in [0.15, 0.2) is 0 Å². The molecule has 2 rings (SSSR count). The molecule has 1 aliphatic heterocycles. The van der Waals surface area contributed by atoms with Gasteiger partial charge in [0.1, 0.15) is 4.58 Å². The highest BCUT2D eigenvalue weighted by atomic mass is 32.2. The van der Waals surface area contributed by atoms with E-state index in [1.165, 1.54) is 6.42 Å². The number of carbonyl (C=O) groups excluding carboxylic acids is 1. The SMILES string of the molecule is O=C(NOC1CCC1)C1SCCS1. The van der Waals surface area contributed by atoms with Crippen LogP contribution in [0.2, 0.25) is 0 Å². The van der Waals surface area contributed by atoms with Crippen LogP contribution in [0.5, 0.6) is 0 Å². The lowest BCUT2D eigenvalue weighted by Gasteiger charge is -2.25. The largest absolute Gasteiger partial charge is 0.271 e. The molecule has 1 amide bonds. The third-order valence-electron chi connectivity index (χ3n) is 2.21. The molecule has 0 unspecified atom stereocenters. The lowest BCUT2D eigenvalue weighted by atomic mass is 9.97. The monoisotopic (exact) mass is 219 g/mol. The van der Waals surface area contributed by atoms with Gasteiger partial charge in [-0.05, 0) is 19.3 Å². The predicted molar refractivity (Wildman–Crippen MR) is 55.6 cm³/mol. The summed E-state index contributed by atoms with van der Waals surface area (Å²) in [5, 5.41) is 0. The molecule has 1 heterocycles. The Labute approximate surface area is 86.3 Å². The Kier molecular flexibility index (Phi) is 3.40. The minimum absolute atomic E-state index is 0.0272. The third kappa shape index (κ3) is 2.54. The number of thioether (sulfide) groups is 2. The van der Waals surface area contributed by atoms with E-state index in [2.05, 4.69) is 5.48 Å². The minimum Gasteiger partial charge on any atom is -0.271 e. The van der Waals surface area contributed by atoms with E-state index >= 15 is 0 Å². The van der Waals surface area contributed by atoms with Crippen molar-refractivity contribution in [1.82, 2.24) is 5.48 Å². The maximum Gasteiger partial charge on any atom is 0.266 e. The fraction of sp³-hybridized carbons (Fsp3) is 0.875. The first-order valence-corrected chi connectivity index (χ1v) is 6.65. The molecule has 74 valence electrons. The smallest absolute Gasteiger partial charge is 0.266 e. The van der Waals surface area contributed by atoms with Gasteiger partial charge in [-0.3, -0.25) is 9.63 Å². The molecule has 13 heavy (non-hydrogen) atoms. The number of rotatable bonds is 3. The zero-order valence-corrected chi connectivity index (χ0v) is 8.96. The number of nitrogens with one attached hydrogen (secondary N) is 1. The van der Waals surface area contributed by atoms with Crippen molar-refractivity contribution in [3.05, 3.63) is 0 Å². The normalized spacial score (nSPS) is 24.3. The summed E-state index contributed by atoms with van der Waals surface area (Å²) >= 11 is 3.40. The van der Waals surface area contributed by atoms with E-state index in [9.17, 15) is 4.79 Å². The van der Waals surface area contributed by atoms with Gasteiger partial charge < -0.3 is 0 Å². The van der Waals surface area contributed by atoms with Crippen LogP contribution >= 0.6 is 23.5 Å². The first-order chi connectivity index (χ1) is 6.36. The van der Waals surface area contributed by atoms with Gasteiger partial charge in [-0.2, -0.15) is 0 Å². The molecule has 2 fully saturated rings. The lowest BCUT2D eigenvalue weighted by Crippen LogP contribution is -2.36. The van der Waals surface area contributed by atoms with Crippen molar-refractivity contribution in [2.45, 2.75) is 29.9 Å². The van der Waals surface area contributed by atoms with Crippen LogP contribution < -0.4 is 5.48 Å². The molecule has 2 aliphatic rings. The number of amides is 1. The van der Waals surface area contributed by atoms with Crippen LogP contribution in [0, 0.1) is 0 Å². The third-order valence-corrected chi connectivity index (χ3v) is 5.20. The van der Waals surface area contributed by atoms with Gasteiger partial charge in [0.05, 0.1) is 6.10 Å². The number of hydrogen-bond acceptors (Lipinski definition) is 4. The van der Waals surface area contributed by atoms with Crippen LogP contribution in [-0.4, -0.2) is 28.1 Å². The Hall–Kier alpha value is 0.130. The van der Waals surface area contributed by atoms with Crippen LogP contribution in [0.4, 0.5) is 0 Å². The summed E-state index contributed by atoms with van der Waals surface area (Å²) in [6.07, 6.45) is 3.68. The molecule has 1 saturated heterocycles. The molecule has 0 aromatic heterocycles. The summed E-state index contributed by atoms with van der Waals surface area (Å²) < 4.78 is 0.0556. The summed E-state index contributed by atoms with van der Waals surface area (Å²) in [4.78, 5) is 16.6. The second kappa shape index (κ2) is 4.57. The van der Waals surface area contributed by atoms with Crippen molar-refractivity contribution in [3.8, 4) is 0 Å². The van der Waals surface area contributed by atoms with Crippen molar-refractivity contribution in [3.63, 3.8) is 0 Å². The highest BCUT2D eigenvalue weighted by Gasteiger charge is 2.26.